The van der Waals surface area contributed by atoms with E-state index in [-0.39, 0.29) is 64.9 Å². The molecular weight excluding hydrogens is 652 g/mol. The maximum atomic E-state index is 13.3. The Bertz CT molecular complexity index is 1820. The number of halogens is 1. The monoisotopic (exact) mass is 694 g/mol. The molecule has 1 aliphatic carbocycles. The van der Waals surface area contributed by atoms with E-state index in [1.54, 1.807) is 82.1 Å². The second-order valence-corrected chi connectivity index (χ2v) is 12.4. The standard InChI is InChI=1S/C33H42N10O5.ClH/c1-39(2)10-7-11-40(3)30(45)26-13-22(17-35-26)42(5)32(47)28-15-24(19-37-28)43(6)33(48)27-14-23(18-36-27)41(4)31(46)25-12-21(16-34-25)38-29(44)20-8-9-20;/h12-20,34-37H,7-11H2,1-6H3,(H,38,44);1H. The summed E-state index contributed by atoms with van der Waals surface area (Å²) >= 11 is 0. The van der Waals surface area contributed by atoms with Gasteiger partial charge in [0, 0.05) is 65.4 Å². The van der Waals surface area contributed by atoms with E-state index in [2.05, 4.69) is 30.2 Å². The van der Waals surface area contributed by atoms with Crippen LogP contribution in [0.3, 0.4) is 0 Å². The Morgan fingerprint density at radius 3 is 1.45 bits per heavy atom. The maximum absolute atomic E-state index is 13.3. The topological polar surface area (TPSA) is 177 Å². The highest BCUT2D eigenvalue weighted by Crippen LogP contribution is 2.30. The van der Waals surface area contributed by atoms with E-state index in [9.17, 15) is 24.0 Å². The number of anilines is 4. The fourth-order valence-electron chi connectivity index (χ4n) is 5.10. The number of amides is 5. The van der Waals surface area contributed by atoms with Crippen LogP contribution in [-0.2, 0) is 4.79 Å². The molecule has 4 heterocycles. The molecule has 1 saturated carbocycles. The number of carbonyl (C=O) groups is 5. The van der Waals surface area contributed by atoms with Crippen LogP contribution in [-0.4, -0.2) is 115 Å². The molecule has 0 atom stereocenters. The van der Waals surface area contributed by atoms with Crippen molar-refractivity contribution in [3.8, 4) is 0 Å². The SMILES string of the molecule is CN(C)CCCN(C)C(=O)c1cc(N(C)C(=O)c2cc(N(C)C(=O)c3cc(N(C)C(=O)c4cc(NC(=O)C5CC5)c[nH]4)c[nH]3)c[nH]2)c[nH]1.Cl. The van der Waals surface area contributed by atoms with Crippen molar-refractivity contribution in [2.24, 2.45) is 5.92 Å². The Hall–Kier alpha value is -5.28. The van der Waals surface area contributed by atoms with Gasteiger partial charge in [0.05, 0.1) is 22.7 Å². The number of aromatic nitrogens is 4. The van der Waals surface area contributed by atoms with Gasteiger partial charge in [0.25, 0.3) is 23.6 Å². The average Bonchev–Trinajstić information content (AvgIpc) is 3.52. The highest BCUT2D eigenvalue weighted by atomic mass is 35.5. The third kappa shape index (κ3) is 8.42. The van der Waals surface area contributed by atoms with Crippen LogP contribution < -0.4 is 20.0 Å². The summed E-state index contributed by atoms with van der Waals surface area (Å²) in [4.78, 5) is 84.2. The molecule has 49 heavy (non-hydrogen) atoms. The first kappa shape index (κ1) is 36.6. The van der Waals surface area contributed by atoms with Crippen LogP contribution in [0.25, 0.3) is 0 Å². The number of rotatable bonds is 13. The Morgan fingerprint density at radius 2 is 1.02 bits per heavy atom. The third-order valence-corrected chi connectivity index (χ3v) is 8.34. The molecule has 5 rings (SSSR count). The first-order chi connectivity index (χ1) is 22.8. The van der Waals surface area contributed by atoms with E-state index >= 15 is 0 Å². The Labute approximate surface area is 290 Å². The summed E-state index contributed by atoms with van der Waals surface area (Å²) in [7, 11) is 10.5. The summed E-state index contributed by atoms with van der Waals surface area (Å²) in [5.41, 5.74) is 3.10. The zero-order chi connectivity index (χ0) is 34.7. The summed E-state index contributed by atoms with van der Waals surface area (Å²) < 4.78 is 0. The minimum atomic E-state index is -0.387. The van der Waals surface area contributed by atoms with Crippen molar-refractivity contribution >= 4 is 64.7 Å². The smallest absolute Gasteiger partial charge is 0.274 e. The quantitative estimate of drug-likeness (QED) is 0.143. The Balaban J connectivity index is 0.00000541. The number of hydrogen-bond acceptors (Lipinski definition) is 6. The van der Waals surface area contributed by atoms with Gasteiger partial charge in [0.2, 0.25) is 5.91 Å². The summed E-state index contributed by atoms with van der Waals surface area (Å²) in [6.45, 7) is 1.47. The van der Waals surface area contributed by atoms with Gasteiger partial charge in [-0.05, 0) is 64.2 Å². The fraction of sp³-hybridized carbons (Fsp3) is 0.364. The number of carbonyl (C=O) groups excluding carboxylic acids is 5. The summed E-state index contributed by atoms with van der Waals surface area (Å²) in [6, 6.07) is 6.34. The van der Waals surface area contributed by atoms with Crippen molar-refractivity contribution < 1.29 is 24.0 Å². The van der Waals surface area contributed by atoms with Crippen LogP contribution in [0.2, 0.25) is 0 Å². The van der Waals surface area contributed by atoms with Crippen LogP contribution in [0.15, 0.2) is 49.1 Å². The van der Waals surface area contributed by atoms with Crippen molar-refractivity contribution in [1.82, 2.24) is 29.7 Å². The highest BCUT2D eigenvalue weighted by Gasteiger charge is 2.30. The molecular formula is C33H43ClN10O5. The molecule has 0 aromatic carbocycles. The highest BCUT2D eigenvalue weighted by molar-refractivity contribution is 6.10. The lowest BCUT2D eigenvalue weighted by Crippen LogP contribution is -2.30. The molecule has 16 heteroatoms. The van der Waals surface area contributed by atoms with Gasteiger partial charge in [-0.2, -0.15) is 0 Å². The zero-order valence-electron chi connectivity index (χ0n) is 28.4. The van der Waals surface area contributed by atoms with Crippen LogP contribution in [0.4, 0.5) is 22.7 Å². The number of nitrogens with one attached hydrogen (secondary N) is 5. The van der Waals surface area contributed by atoms with Gasteiger partial charge in [-0.15, -0.1) is 12.4 Å². The normalized spacial score (nSPS) is 12.3. The number of nitrogens with zero attached hydrogens (tertiary/aromatic N) is 5. The van der Waals surface area contributed by atoms with Gasteiger partial charge in [-0.3, -0.25) is 24.0 Å². The van der Waals surface area contributed by atoms with Crippen molar-refractivity contribution in [2.45, 2.75) is 19.3 Å². The molecule has 0 bridgehead atoms. The zero-order valence-corrected chi connectivity index (χ0v) is 29.2. The molecule has 4 aromatic heterocycles. The van der Waals surface area contributed by atoms with Gasteiger partial charge in [-0.1, -0.05) is 0 Å². The number of hydrogen-bond donors (Lipinski definition) is 5. The van der Waals surface area contributed by atoms with E-state index in [1.165, 1.54) is 14.7 Å². The summed E-state index contributed by atoms with van der Waals surface area (Å²) in [5, 5.41) is 2.80. The lowest BCUT2D eigenvalue weighted by atomic mass is 10.3. The van der Waals surface area contributed by atoms with Crippen molar-refractivity contribution in [2.75, 3.05) is 75.4 Å². The summed E-state index contributed by atoms with van der Waals surface area (Å²) in [6.07, 6.45) is 8.88. The Morgan fingerprint density at radius 1 is 0.612 bits per heavy atom. The maximum Gasteiger partial charge on any atom is 0.274 e. The molecule has 1 fully saturated rings. The molecule has 1 aliphatic rings. The summed E-state index contributed by atoms with van der Waals surface area (Å²) in [5.74, 6) is -1.27. The van der Waals surface area contributed by atoms with E-state index in [1.807, 2.05) is 14.1 Å². The molecule has 0 spiro atoms. The van der Waals surface area contributed by atoms with E-state index in [4.69, 9.17) is 0 Å². The van der Waals surface area contributed by atoms with Gasteiger partial charge in [0.15, 0.2) is 0 Å². The number of H-pyrrole nitrogens is 4. The van der Waals surface area contributed by atoms with Crippen LogP contribution in [0.5, 0.6) is 0 Å². The van der Waals surface area contributed by atoms with Crippen LogP contribution >= 0.6 is 12.4 Å². The fourth-order valence-corrected chi connectivity index (χ4v) is 5.10. The predicted octanol–water partition coefficient (Wildman–Crippen LogP) is 3.62. The molecule has 262 valence electrons. The second-order valence-electron chi connectivity index (χ2n) is 12.4. The predicted molar refractivity (Wildman–Crippen MR) is 190 cm³/mol. The van der Waals surface area contributed by atoms with Crippen molar-refractivity contribution in [3.63, 3.8) is 0 Å². The van der Waals surface area contributed by atoms with Gasteiger partial charge in [0.1, 0.15) is 22.8 Å². The molecule has 4 aromatic rings. The van der Waals surface area contributed by atoms with E-state index in [0.717, 1.165) is 25.8 Å². The first-order valence-electron chi connectivity index (χ1n) is 15.6. The molecule has 5 N–H and O–H groups in total. The molecule has 0 saturated heterocycles. The lowest BCUT2D eigenvalue weighted by molar-refractivity contribution is -0.117. The van der Waals surface area contributed by atoms with Crippen LogP contribution in [0, 0.1) is 5.92 Å². The average molecular weight is 695 g/mol. The van der Waals surface area contributed by atoms with Gasteiger partial charge >= 0.3 is 0 Å². The molecule has 0 radical (unpaired) electrons. The van der Waals surface area contributed by atoms with Crippen molar-refractivity contribution in [1.29, 1.82) is 0 Å². The van der Waals surface area contributed by atoms with Crippen molar-refractivity contribution in [3.05, 3.63) is 71.8 Å². The second kappa shape index (κ2) is 15.3. The Kier molecular flexibility index (Phi) is 11.4. The molecule has 5 amide bonds. The minimum Gasteiger partial charge on any atom is -0.355 e. The minimum absolute atomic E-state index is 0. The molecule has 0 unspecified atom stereocenters. The van der Waals surface area contributed by atoms with Gasteiger partial charge < -0.3 is 49.8 Å². The largest absolute Gasteiger partial charge is 0.355 e. The third-order valence-electron chi connectivity index (χ3n) is 8.34. The number of aromatic amines is 4. The van der Waals surface area contributed by atoms with E-state index in [0.29, 0.717) is 35.0 Å². The first-order valence-corrected chi connectivity index (χ1v) is 15.6. The molecule has 0 aliphatic heterocycles. The van der Waals surface area contributed by atoms with E-state index < -0.39 is 0 Å². The van der Waals surface area contributed by atoms with Gasteiger partial charge in [-0.25, -0.2) is 0 Å². The van der Waals surface area contributed by atoms with Crippen LogP contribution in [0.1, 0.15) is 61.2 Å². The lowest BCUT2D eigenvalue weighted by Gasteiger charge is -2.18. The molecule has 15 nitrogen and oxygen atoms in total.